The Morgan fingerprint density at radius 3 is 2.48 bits per heavy atom. The van der Waals surface area contributed by atoms with E-state index in [9.17, 15) is 4.79 Å². The third-order valence-corrected chi connectivity index (χ3v) is 4.81. The molecule has 4 nitrogen and oxygen atoms in total. The Bertz CT molecular complexity index is 826. The third-order valence-electron chi connectivity index (χ3n) is 4.81. The summed E-state index contributed by atoms with van der Waals surface area (Å²) in [5, 5.41) is 2.77. The molecule has 1 amide bonds. The van der Waals surface area contributed by atoms with Crippen molar-refractivity contribution in [2.75, 3.05) is 0 Å². The van der Waals surface area contributed by atoms with Gasteiger partial charge in [-0.05, 0) is 67.9 Å². The van der Waals surface area contributed by atoms with Crippen LogP contribution in [0.4, 0.5) is 0 Å². The van der Waals surface area contributed by atoms with Crippen LogP contribution < -0.4 is 11.1 Å². The summed E-state index contributed by atoms with van der Waals surface area (Å²) in [4.78, 5) is 15.7. The molecule has 0 bridgehead atoms. The van der Waals surface area contributed by atoms with Crippen molar-refractivity contribution in [2.24, 2.45) is 5.73 Å². The smallest absolute Gasteiger partial charge is 0.258 e. The Morgan fingerprint density at radius 2 is 1.89 bits per heavy atom. The lowest BCUT2D eigenvalue weighted by Gasteiger charge is -2.09. The number of aromatic nitrogens is 1. The summed E-state index contributed by atoms with van der Waals surface area (Å²) in [6.45, 7) is 8.15. The molecule has 0 spiro atoms. The summed E-state index contributed by atoms with van der Waals surface area (Å²) in [6, 6.07) is 8.71. The lowest BCUT2D eigenvalue weighted by atomic mass is 9.98. The summed E-state index contributed by atoms with van der Waals surface area (Å²) in [5.74, 6) is 0.252. The number of nitrogens with two attached hydrogens (primary N) is 1. The van der Waals surface area contributed by atoms with E-state index >= 15 is 0 Å². The van der Waals surface area contributed by atoms with E-state index in [1.165, 1.54) is 16.7 Å². The van der Waals surface area contributed by atoms with Crippen LogP contribution in [-0.4, -0.2) is 10.9 Å². The molecule has 1 aromatic heterocycles. The van der Waals surface area contributed by atoms with E-state index in [-0.39, 0.29) is 5.91 Å². The maximum atomic E-state index is 12.6. The van der Waals surface area contributed by atoms with E-state index < -0.39 is 0 Å². The average molecular weight is 366 g/mol. The minimum Gasteiger partial charge on any atom is -0.385 e. The van der Waals surface area contributed by atoms with Crippen molar-refractivity contribution >= 4 is 11.5 Å². The minimum absolute atomic E-state index is 0.151. The average Bonchev–Trinajstić information content (AvgIpc) is 3.03. The van der Waals surface area contributed by atoms with Gasteiger partial charge in [-0.1, -0.05) is 44.2 Å². The second-order valence-corrected chi connectivity index (χ2v) is 6.70. The van der Waals surface area contributed by atoms with E-state index in [4.69, 9.17) is 5.73 Å². The van der Waals surface area contributed by atoms with E-state index in [1.807, 2.05) is 20.0 Å². The van der Waals surface area contributed by atoms with Crippen LogP contribution in [0.3, 0.4) is 0 Å². The van der Waals surface area contributed by atoms with Crippen LogP contribution >= 0.6 is 0 Å². The zero-order chi connectivity index (χ0) is 19.8. The molecule has 0 fully saturated rings. The first kappa shape index (κ1) is 20.6. The first-order valence-corrected chi connectivity index (χ1v) is 9.68. The number of benzene rings is 1. The molecular formula is C23H31N3O. The SMILES string of the molecule is CC=C(CC)c1ccc(CCc2c[nH]c(C)c2C(=O)N/C(N)=C/CC)cc1. The fraction of sp³-hybridized carbons (Fsp3) is 0.348. The van der Waals surface area contributed by atoms with Crippen LogP contribution in [0.15, 0.2) is 48.4 Å². The molecule has 2 rings (SSSR count). The van der Waals surface area contributed by atoms with Gasteiger partial charge in [-0.3, -0.25) is 4.79 Å². The molecule has 0 aliphatic carbocycles. The first-order valence-electron chi connectivity index (χ1n) is 9.68. The number of hydrogen-bond donors (Lipinski definition) is 3. The van der Waals surface area contributed by atoms with Gasteiger partial charge in [0.05, 0.1) is 11.4 Å². The van der Waals surface area contributed by atoms with Crippen molar-refractivity contribution in [1.82, 2.24) is 10.3 Å². The number of carbonyl (C=O) groups excluding carboxylic acids is 1. The van der Waals surface area contributed by atoms with E-state index in [0.717, 1.165) is 36.9 Å². The Labute approximate surface area is 162 Å². The normalized spacial score (nSPS) is 12.3. The third kappa shape index (κ3) is 5.36. The van der Waals surface area contributed by atoms with Gasteiger partial charge in [-0.25, -0.2) is 0 Å². The van der Waals surface area contributed by atoms with Crippen LogP contribution in [0.5, 0.6) is 0 Å². The van der Waals surface area contributed by atoms with Crippen LogP contribution in [0.25, 0.3) is 5.57 Å². The molecule has 0 aliphatic rings. The van der Waals surface area contributed by atoms with E-state index in [1.54, 1.807) is 6.08 Å². The summed E-state index contributed by atoms with van der Waals surface area (Å²) in [6.07, 6.45) is 9.40. The molecule has 1 heterocycles. The van der Waals surface area contributed by atoms with Gasteiger partial charge in [0.2, 0.25) is 0 Å². The summed E-state index contributed by atoms with van der Waals surface area (Å²) in [7, 11) is 0. The molecule has 0 atom stereocenters. The standard InChI is InChI=1S/C23H31N3O/c1-5-8-21(24)26-23(27)22-16(4)25-15-20(22)14-11-17-9-12-19(13-10-17)18(6-2)7-3/h6,8-10,12-13,15,25H,5,7,11,14,24H2,1-4H3,(H,26,27)/b18-6?,21-8+. The molecular weight excluding hydrogens is 334 g/mol. The number of carbonyl (C=O) groups is 1. The fourth-order valence-corrected chi connectivity index (χ4v) is 3.30. The quantitative estimate of drug-likeness (QED) is 0.625. The maximum Gasteiger partial charge on any atom is 0.258 e. The monoisotopic (exact) mass is 365 g/mol. The van der Waals surface area contributed by atoms with Gasteiger partial charge in [0, 0.05) is 11.9 Å². The molecule has 2 aromatic rings. The number of amides is 1. The number of hydrogen-bond acceptors (Lipinski definition) is 2. The van der Waals surface area contributed by atoms with Gasteiger partial charge in [0.1, 0.15) is 0 Å². The number of aromatic amines is 1. The highest BCUT2D eigenvalue weighted by atomic mass is 16.1. The Morgan fingerprint density at radius 1 is 1.19 bits per heavy atom. The predicted octanol–water partition coefficient (Wildman–Crippen LogP) is 4.86. The first-order chi connectivity index (χ1) is 13.0. The zero-order valence-corrected chi connectivity index (χ0v) is 16.9. The van der Waals surface area contributed by atoms with Crippen molar-refractivity contribution in [2.45, 2.75) is 53.4 Å². The molecule has 144 valence electrons. The molecule has 1 aromatic carbocycles. The molecule has 0 saturated carbocycles. The largest absolute Gasteiger partial charge is 0.385 e. The highest BCUT2D eigenvalue weighted by Gasteiger charge is 2.16. The molecule has 0 saturated heterocycles. The van der Waals surface area contributed by atoms with Crippen molar-refractivity contribution in [3.63, 3.8) is 0 Å². The molecule has 0 radical (unpaired) electrons. The van der Waals surface area contributed by atoms with Crippen molar-refractivity contribution in [3.05, 3.63) is 76.4 Å². The molecule has 4 N–H and O–H groups in total. The van der Waals surface area contributed by atoms with Gasteiger partial charge in [-0.2, -0.15) is 0 Å². The van der Waals surface area contributed by atoms with Crippen molar-refractivity contribution in [1.29, 1.82) is 0 Å². The van der Waals surface area contributed by atoms with Crippen LogP contribution in [0.2, 0.25) is 0 Å². The summed E-state index contributed by atoms with van der Waals surface area (Å²) in [5.41, 5.74) is 12.3. The highest BCUT2D eigenvalue weighted by Crippen LogP contribution is 2.20. The number of rotatable bonds is 8. The summed E-state index contributed by atoms with van der Waals surface area (Å²) >= 11 is 0. The minimum atomic E-state index is -0.151. The summed E-state index contributed by atoms with van der Waals surface area (Å²) < 4.78 is 0. The number of aryl methyl sites for hydroxylation is 3. The lowest BCUT2D eigenvalue weighted by Crippen LogP contribution is -2.28. The van der Waals surface area contributed by atoms with Crippen LogP contribution in [0.1, 0.15) is 66.4 Å². The highest BCUT2D eigenvalue weighted by molar-refractivity contribution is 5.97. The number of allylic oxidation sites excluding steroid dienone is 3. The van der Waals surface area contributed by atoms with Gasteiger partial charge in [-0.15, -0.1) is 0 Å². The Balaban J connectivity index is 2.09. The van der Waals surface area contributed by atoms with Crippen molar-refractivity contribution in [3.8, 4) is 0 Å². The second kappa shape index (κ2) is 9.81. The second-order valence-electron chi connectivity index (χ2n) is 6.70. The zero-order valence-electron chi connectivity index (χ0n) is 16.9. The predicted molar refractivity (Wildman–Crippen MR) is 113 cm³/mol. The lowest BCUT2D eigenvalue weighted by molar-refractivity contribution is 0.0964. The van der Waals surface area contributed by atoms with Gasteiger partial charge < -0.3 is 16.0 Å². The molecule has 27 heavy (non-hydrogen) atoms. The maximum absolute atomic E-state index is 12.6. The van der Waals surface area contributed by atoms with Crippen molar-refractivity contribution < 1.29 is 4.79 Å². The number of H-pyrrole nitrogens is 1. The Hall–Kier alpha value is -2.75. The van der Waals surface area contributed by atoms with Gasteiger partial charge in [0.15, 0.2) is 0 Å². The van der Waals surface area contributed by atoms with Crippen LogP contribution in [-0.2, 0) is 12.8 Å². The molecule has 0 aliphatic heterocycles. The van der Waals surface area contributed by atoms with E-state index in [0.29, 0.717) is 11.4 Å². The van der Waals surface area contributed by atoms with E-state index in [2.05, 4.69) is 54.5 Å². The Kier molecular flexibility index (Phi) is 7.47. The topological polar surface area (TPSA) is 70.9 Å². The van der Waals surface area contributed by atoms with Crippen LogP contribution in [0, 0.1) is 6.92 Å². The molecule has 4 heteroatoms. The molecule has 0 unspecified atom stereocenters. The van der Waals surface area contributed by atoms with Gasteiger partial charge >= 0.3 is 0 Å². The number of nitrogens with one attached hydrogen (secondary N) is 2. The van der Waals surface area contributed by atoms with Gasteiger partial charge in [0.25, 0.3) is 5.91 Å². The fourth-order valence-electron chi connectivity index (χ4n) is 3.30.